The molecular formula is C17H16N2O4S. The maximum atomic E-state index is 11.2. The van der Waals surface area contributed by atoms with Crippen LogP contribution in [0.3, 0.4) is 0 Å². The Balaban J connectivity index is 2.12. The van der Waals surface area contributed by atoms with Gasteiger partial charge in [-0.2, -0.15) is 8.42 Å². The van der Waals surface area contributed by atoms with Crippen molar-refractivity contribution >= 4 is 32.3 Å². The molecule has 3 rings (SSSR count). The van der Waals surface area contributed by atoms with Gasteiger partial charge < -0.3 is 5.11 Å². The number of benzene rings is 3. The summed E-state index contributed by atoms with van der Waals surface area (Å²) in [5.41, 5.74) is 4.52. The van der Waals surface area contributed by atoms with Gasteiger partial charge in [-0.15, -0.1) is 0 Å². The van der Waals surface area contributed by atoms with Crippen molar-refractivity contribution in [3.05, 3.63) is 60.7 Å². The average molecular weight is 344 g/mol. The number of hydrogen-bond donors (Lipinski definition) is 3. The minimum absolute atomic E-state index is 0.169. The van der Waals surface area contributed by atoms with E-state index in [0.29, 0.717) is 11.1 Å². The largest absolute Gasteiger partial charge is 0.507 e. The Kier molecular flexibility index (Phi) is 4.15. The molecule has 0 amide bonds. The first-order chi connectivity index (χ1) is 11.4. The molecule has 0 radical (unpaired) electrons. The van der Waals surface area contributed by atoms with Crippen molar-refractivity contribution in [2.24, 2.45) is 0 Å². The number of aromatic hydroxyl groups is 1. The maximum absolute atomic E-state index is 11.2. The number of nitrogens with zero attached hydrogens (tertiary/aromatic N) is 1. The minimum Gasteiger partial charge on any atom is -0.507 e. The van der Waals surface area contributed by atoms with Crippen molar-refractivity contribution in [1.29, 1.82) is 0 Å². The molecule has 6 nitrogen and oxygen atoms in total. The molecule has 0 heterocycles. The van der Waals surface area contributed by atoms with Gasteiger partial charge in [0.1, 0.15) is 5.75 Å². The Hall–Kier alpha value is -2.61. The number of phenols is 1. The quantitative estimate of drug-likeness (QED) is 0.498. The first kappa shape index (κ1) is 16.3. The number of hydrogen-bond acceptors (Lipinski definition) is 5. The van der Waals surface area contributed by atoms with Crippen LogP contribution in [0.15, 0.2) is 65.6 Å². The molecule has 0 aliphatic rings. The summed E-state index contributed by atoms with van der Waals surface area (Å²) in [6, 6.07) is 16.6. The van der Waals surface area contributed by atoms with Crippen LogP contribution in [0.25, 0.3) is 10.8 Å². The van der Waals surface area contributed by atoms with E-state index in [2.05, 4.69) is 5.43 Å². The lowest BCUT2D eigenvalue weighted by molar-refractivity contribution is 0.481. The molecule has 24 heavy (non-hydrogen) atoms. The lowest BCUT2D eigenvalue weighted by Gasteiger charge is -2.25. The van der Waals surface area contributed by atoms with E-state index in [4.69, 9.17) is 4.55 Å². The van der Waals surface area contributed by atoms with E-state index in [1.54, 1.807) is 36.3 Å². The van der Waals surface area contributed by atoms with Gasteiger partial charge in [-0.3, -0.25) is 9.56 Å². The van der Waals surface area contributed by atoms with Crippen molar-refractivity contribution in [3.8, 4) is 5.75 Å². The van der Waals surface area contributed by atoms with Crippen LogP contribution in [0.4, 0.5) is 11.4 Å². The highest BCUT2D eigenvalue weighted by Crippen LogP contribution is 2.35. The fraction of sp³-hybridized carbons (Fsp3) is 0.0588. The van der Waals surface area contributed by atoms with Gasteiger partial charge in [-0.1, -0.05) is 24.3 Å². The Morgan fingerprint density at radius 2 is 1.54 bits per heavy atom. The molecule has 0 saturated heterocycles. The molecule has 0 spiro atoms. The second-order valence-electron chi connectivity index (χ2n) is 5.18. The monoisotopic (exact) mass is 344 g/mol. The summed E-state index contributed by atoms with van der Waals surface area (Å²) in [6.07, 6.45) is 0. The van der Waals surface area contributed by atoms with Crippen molar-refractivity contribution in [2.45, 2.75) is 4.90 Å². The van der Waals surface area contributed by atoms with Crippen LogP contribution in [0.1, 0.15) is 0 Å². The molecular weight excluding hydrogens is 328 g/mol. The molecule has 0 fully saturated rings. The fourth-order valence-electron chi connectivity index (χ4n) is 2.62. The molecule has 0 atom stereocenters. The van der Waals surface area contributed by atoms with Gasteiger partial charge >= 0.3 is 0 Å². The van der Waals surface area contributed by atoms with Crippen molar-refractivity contribution in [1.82, 2.24) is 5.43 Å². The molecule has 3 N–H and O–H groups in total. The van der Waals surface area contributed by atoms with Crippen LogP contribution in [-0.2, 0) is 10.1 Å². The number of phenolic OH excluding ortho intramolecular Hbond substituents is 1. The highest BCUT2D eigenvalue weighted by molar-refractivity contribution is 7.85. The molecule has 0 aliphatic heterocycles. The predicted molar refractivity (Wildman–Crippen MR) is 93.1 cm³/mol. The van der Waals surface area contributed by atoms with Gasteiger partial charge in [0, 0.05) is 17.8 Å². The molecule has 0 bridgehead atoms. The molecule has 3 aromatic carbocycles. The van der Waals surface area contributed by atoms with Crippen molar-refractivity contribution in [2.75, 3.05) is 12.1 Å². The van der Waals surface area contributed by atoms with Crippen LogP contribution < -0.4 is 10.4 Å². The molecule has 0 aliphatic carbocycles. The summed E-state index contributed by atoms with van der Waals surface area (Å²) < 4.78 is 31.4. The van der Waals surface area contributed by atoms with E-state index in [9.17, 15) is 13.5 Å². The summed E-state index contributed by atoms with van der Waals surface area (Å²) >= 11 is 0. The molecule has 0 saturated carbocycles. The Bertz CT molecular complexity index is 985. The van der Waals surface area contributed by atoms with E-state index in [1.165, 1.54) is 12.1 Å². The van der Waals surface area contributed by atoms with Crippen LogP contribution in [-0.4, -0.2) is 25.1 Å². The third-order valence-corrected chi connectivity index (χ3v) is 4.60. The predicted octanol–water partition coefficient (Wildman–Crippen LogP) is 3.06. The summed E-state index contributed by atoms with van der Waals surface area (Å²) in [6.45, 7) is 0. The van der Waals surface area contributed by atoms with Crippen molar-refractivity contribution < 1.29 is 18.1 Å². The average Bonchev–Trinajstić information content (AvgIpc) is 2.57. The number of anilines is 2. The summed E-state index contributed by atoms with van der Waals surface area (Å²) in [7, 11) is -2.49. The Morgan fingerprint density at radius 3 is 2.12 bits per heavy atom. The second-order valence-corrected chi connectivity index (χ2v) is 6.60. The zero-order chi connectivity index (χ0) is 17.3. The lowest BCUT2D eigenvalue weighted by Crippen LogP contribution is -2.30. The normalized spacial score (nSPS) is 11.6. The molecule has 7 heteroatoms. The van der Waals surface area contributed by atoms with Gasteiger partial charge in [0.2, 0.25) is 0 Å². The Morgan fingerprint density at radius 1 is 0.917 bits per heavy atom. The zero-order valence-electron chi connectivity index (χ0n) is 12.8. The summed E-state index contributed by atoms with van der Waals surface area (Å²) in [4.78, 5) is -0.169. The highest BCUT2D eigenvalue weighted by atomic mass is 32.2. The van der Waals surface area contributed by atoms with Gasteiger partial charge in [0.05, 0.1) is 16.3 Å². The SMILES string of the molecule is CNN(c1ccc(S(=O)(=O)O)cc1)c1ccc(O)c2ccccc12. The number of fused-ring (bicyclic) bond motifs is 1. The first-order valence-corrected chi connectivity index (χ1v) is 8.61. The summed E-state index contributed by atoms with van der Waals surface area (Å²) in [5.74, 6) is 0.187. The lowest BCUT2D eigenvalue weighted by atomic mass is 10.1. The topological polar surface area (TPSA) is 89.9 Å². The first-order valence-electron chi connectivity index (χ1n) is 7.17. The van der Waals surface area contributed by atoms with Crippen molar-refractivity contribution in [3.63, 3.8) is 0 Å². The highest BCUT2D eigenvalue weighted by Gasteiger charge is 2.15. The van der Waals surface area contributed by atoms with E-state index >= 15 is 0 Å². The van der Waals surface area contributed by atoms with Crippen LogP contribution in [0.2, 0.25) is 0 Å². The van der Waals surface area contributed by atoms with Gasteiger partial charge in [-0.25, -0.2) is 5.43 Å². The molecule has 0 unspecified atom stereocenters. The minimum atomic E-state index is -4.23. The third kappa shape index (κ3) is 2.92. The van der Waals surface area contributed by atoms with E-state index in [0.717, 1.165) is 11.1 Å². The van der Waals surface area contributed by atoms with Crippen LogP contribution in [0, 0.1) is 0 Å². The van der Waals surface area contributed by atoms with Gasteiger partial charge in [0.15, 0.2) is 0 Å². The van der Waals surface area contributed by atoms with Crippen LogP contribution >= 0.6 is 0 Å². The van der Waals surface area contributed by atoms with Crippen LogP contribution in [0.5, 0.6) is 5.75 Å². The van der Waals surface area contributed by atoms with E-state index < -0.39 is 10.1 Å². The summed E-state index contributed by atoms with van der Waals surface area (Å²) in [5, 5.41) is 13.3. The zero-order valence-corrected chi connectivity index (χ0v) is 13.7. The number of hydrazine groups is 1. The standard InChI is InChI=1S/C17H16N2O4S/c1-18-19(12-6-8-13(9-7-12)24(21,22)23)16-10-11-17(20)15-5-3-2-4-14(15)16/h2-11,18,20H,1H3,(H,21,22,23). The van der Waals surface area contributed by atoms with E-state index in [-0.39, 0.29) is 10.6 Å². The molecule has 0 aromatic heterocycles. The maximum Gasteiger partial charge on any atom is 0.294 e. The smallest absolute Gasteiger partial charge is 0.294 e. The molecule has 3 aromatic rings. The number of rotatable bonds is 4. The second kappa shape index (κ2) is 6.12. The molecule has 124 valence electrons. The Labute approximate surface area is 139 Å². The third-order valence-electron chi connectivity index (χ3n) is 3.74. The van der Waals surface area contributed by atoms with Gasteiger partial charge in [-0.05, 0) is 36.4 Å². The van der Waals surface area contributed by atoms with Gasteiger partial charge in [0.25, 0.3) is 10.1 Å². The number of nitrogens with one attached hydrogen (secondary N) is 1. The van der Waals surface area contributed by atoms with E-state index in [1.807, 2.05) is 24.3 Å². The fourth-order valence-corrected chi connectivity index (χ4v) is 3.10.